The van der Waals surface area contributed by atoms with Crippen molar-refractivity contribution in [2.45, 2.75) is 57.7 Å². The van der Waals surface area contributed by atoms with Crippen LogP contribution < -0.4 is 5.32 Å². The molecule has 3 nitrogen and oxygen atoms in total. The Bertz CT molecular complexity index is 248. The predicted octanol–water partition coefficient (Wildman–Crippen LogP) is 3.30. The number of rotatable bonds is 8. The third kappa shape index (κ3) is 4.81. The van der Waals surface area contributed by atoms with Crippen LogP contribution in [0.4, 0.5) is 0 Å². The second kappa shape index (κ2) is 8.81. The van der Waals surface area contributed by atoms with Crippen molar-refractivity contribution in [2.24, 2.45) is 10.9 Å². The van der Waals surface area contributed by atoms with Crippen LogP contribution in [-0.4, -0.2) is 36.7 Å². The minimum absolute atomic E-state index is 0.409. The molecule has 2 unspecified atom stereocenters. The topological polar surface area (TPSA) is 33.6 Å². The first-order valence-electron chi connectivity index (χ1n) is 7.21. The van der Waals surface area contributed by atoms with Crippen molar-refractivity contribution in [1.82, 2.24) is 5.32 Å². The van der Waals surface area contributed by atoms with Gasteiger partial charge in [-0.3, -0.25) is 4.99 Å². The first-order valence-corrected chi connectivity index (χ1v) is 8.09. The number of hydrogen-bond acceptors (Lipinski definition) is 4. The Kier molecular flexibility index (Phi) is 7.75. The van der Waals surface area contributed by atoms with Crippen LogP contribution >= 0.6 is 11.8 Å². The molecule has 0 radical (unpaired) electrons. The van der Waals surface area contributed by atoms with Crippen molar-refractivity contribution in [2.75, 3.05) is 20.3 Å². The standard InChI is InChI=1S/C14H28N2OS/c1-5-8-12(10-17-4)16-14-15-9-13(18-14)11(6-2)7-3/h11-13H,5-10H2,1-4H3,(H,15,16). The molecule has 0 bridgehead atoms. The van der Waals surface area contributed by atoms with Crippen LogP contribution in [0.15, 0.2) is 4.99 Å². The van der Waals surface area contributed by atoms with Gasteiger partial charge < -0.3 is 10.1 Å². The number of thioether (sulfide) groups is 1. The lowest BCUT2D eigenvalue weighted by Crippen LogP contribution is -2.36. The molecule has 1 rings (SSSR count). The number of methoxy groups -OCH3 is 1. The summed E-state index contributed by atoms with van der Waals surface area (Å²) in [4.78, 5) is 4.65. The Morgan fingerprint density at radius 3 is 2.67 bits per heavy atom. The lowest BCUT2D eigenvalue weighted by molar-refractivity contribution is 0.170. The highest BCUT2D eigenvalue weighted by Crippen LogP contribution is 2.30. The normalized spacial score (nSPS) is 21.2. The van der Waals surface area contributed by atoms with Gasteiger partial charge in [-0.25, -0.2) is 0 Å². The van der Waals surface area contributed by atoms with Crippen LogP contribution in [0.1, 0.15) is 46.5 Å². The lowest BCUT2D eigenvalue weighted by Gasteiger charge is -2.21. The number of nitrogens with zero attached hydrogens (tertiary/aromatic N) is 1. The summed E-state index contributed by atoms with van der Waals surface area (Å²) >= 11 is 1.93. The molecule has 106 valence electrons. The fourth-order valence-electron chi connectivity index (χ4n) is 2.45. The second-order valence-corrected chi connectivity index (χ2v) is 6.19. The molecule has 0 aromatic rings. The summed E-state index contributed by atoms with van der Waals surface area (Å²) in [6, 6.07) is 0.409. The Hall–Kier alpha value is -0.220. The molecule has 2 atom stereocenters. The van der Waals surface area contributed by atoms with E-state index in [4.69, 9.17) is 4.74 Å². The maximum Gasteiger partial charge on any atom is 0.157 e. The molecular weight excluding hydrogens is 244 g/mol. The summed E-state index contributed by atoms with van der Waals surface area (Å²) in [5.41, 5.74) is 0. The SMILES string of the molecule is CCCC(COC)NC1=NCC(C(CC)CC)S1. The van der Waals surface area contributed by atoms with Crippen LogP contribution in [0.3, 0.4) is 0 Å². The van der Waals surface area contributed by atoms with Crippen molar-refractivity contribution in [3.05, 3.63) is 0 Å². The van der Waals surface area contributed by atoms with Gasteiger partial charge in [-0.1, -0.05) is 51.8 Å². The molecule has 0 aromatic carbocycles. The average molecular weight is 272 g/mol. The van der Waals surface area contributed by atoms with Crippen molar-refractivity contribution in [3.63, 3.8) is 0 Å². The number of hydrogen-bond donors (Lipinski definition) is 1. The minimum Gasteiger partial charge on any atom is -0.383 e. The summed E-state index contributed by atoms with van der Waals surface area (Å²) in [5, 5.41) is 5.34. The zero-order valence-corrected chi connectivity index (χ0v) is 13.1. The van der Waals surface area contributed by atoms with Gasteiger partial charge in [0, 0.05) is 12.4 Å². The van der Waals surface area contributed by atoms with Crippen LogP contribution in [0.25, 0.3) is 0 Å². The van der Waals surface area contributed by atoms with Crippen molar-refractivity contribution in [1.29, 1.82) is 0 Å². The maximum absolute atomic E-state index is 5.26. The Balaban J connectivity index is 2.40. The van der Waals surface area contributed by atoms with E-state index in [1.165, 1.54) is 19.3 Å². The molecule has 0 spiro atoms. The number of ether oxygens (including phenoxy) is 1. The molecule has 0 aliphatic carbocycles. The van der Waals surface area contributed by atoms with Gasteiger partial charge in [-0.2, -0.15) is 0 Å². The third-order valence-electron chi connectivity index (χ3n) is 3.58. The maximum atomic E-state index is 5.26. The highest BCUT2D eigenvalue weighted by Gasteiger charge is 2.26. The third-order valence-corrected chi connectivity index (χ3v) is 4.89. The molecule has 0 aromatic heterocycles. The molecule has 1 aliphatic rings. The van der Waals surface area contributed by atoms with E-state index in [0.717, 1.165) is 30.7 Å². The van der Waals surface area contributed by atoms with Gasteiger partial charge in [0.25, 0.3) is 0 Å². The molecule has 18 heavy (non-hydrogen) atoms. The zero-order chi connectivity index (χ0) is 13.4. The number of nitrogens with one attached hydrogen (secondary N) is 1. The highest BCUT2D eigenvalue weighted by atomic mass is 32.2. The quantitative estimate of drug-likeness (QED) is 0.736. The van der Waals surface area contributed by atoms with E-state index in [-0.39, 0.29) is 0 Å². The monoisotopic (exact) mass is 272 g/mol. The van der Waals surface area contributed by atoms with E-state index in [0.29, 0.717) is 11.3 Å². The van der Waals surface area contributed by atoms with E-state index in [1.54, 1.807) is 7.11 Å². The van der Waals surface area contributed by atoms with Crippen LogP contribution in [0.2, 0.25) is 0 Å². The van der Waals surface area contributed by atoms with Gasteiger partial charge in [-0.05, 0) is 12.3 Å². The van der Waals surface area contributed by atoms with Crippen LogP contribution in [0, 0.1) is 5.92 Å². The first-order chi connectivity index (χ1) is 8.74. The van der Waals surface area contributed by atoms with E-state index >= 15 is 0 Å². The summed E-state index contributed by atoms with van der Waals surface area (Å²) in [5.74, 6) is 0.796. The van der Waals surface area contributed by atoms with Gasteiger partial charge in [0.05, 0.1) is 19.2 Å². The molecule has 0 amide bonds. The molecule has 4 heteroatoms. The molecule has 0 fully saturated rings. The average Bonchev–Trinajstić information content (AvgIpc) is 2.80. The van der Waals surface area contributed by atoms with E-state index in [2.05, 4.69) is 31.1 Å². The summed E-state index contributed by atoms with van der Waals surface area (Å²) in [7, 11) is 1.76. The zero-order valence-electron chi connectivity index (χ0n) is 12.2. The van der Waals surface area contributed by atoms with Gasteiger partial charge >= 0.3 is 0 Å². The van der Waals surface area contributed by atoms with E-state index in [1.807, 2.05) is 11.8 Å². The molecule has 1 heterocycles. The molecule has 1 N–H and O–H groups in total. The molecular formula is C14H28N2OS. The van der Waals surface area contributed by atoms with Gasteiger partial charge in [0.15, 0.2) is 5.17 Å². The summed E-state index contributed by atoms with van der Waals surface area (Å²) in [6.45, 7) is 8.52. The highest BCUT2D eigenvalue weighted by molar-refractivity contribution is 8.14. The van der Waals surface area contributed by atoms with Crippen LogP contribution in [-0.2, 0) is 4.74 Å². The van der Waals surface area contributed by atoms with Crippen molar-refractivity contribution in [3.8, 4) is 0 Å². The number of amidine groups is 1. The van der Waals surface area contributed by atoms with Gasteiger partial charge in [-0.15, -0.1) is 0 Å². The second-order valence-electron chi connectivity index (χ2n) is 4.96. The predicted molar refractivity (Wildman–Crippen MR) is 81.5 cm³/mol. The molecule has 0 saturated carbocycles. The molecule has 1 aliphatic heterocycles. The Labute approximate surface area is 116 Å². The van der Waals surface area contributed by atoms with Crippen molar-refractivity contribution >= 4 is 16.9 Å². The van der Waals surface area contributed by atoms with Gasteiger partial charge in [0.2, 0.25) is 0 Å². The molecule has 0 saturated heterocycles. The van der Waals surface area contributed by atoms with E-state index < -0.39 is 0 Å². The smallest absolute Gasteiger partial charge is 0.157 e. The summed E-state index contributed by atoms with van der Waals surface area (Å²) < 4.78 is 5.26. The minimum atomic E-state index is 0.409. The van der Waals surface area contributed by atoms with Crippen molar-refractivity contribution < 1.29 is 4.74 Å². The first kappa shape index (κ1) is 15.8. The lowest BCUT2D eigenvalue weighted by atomic mass is 9.99. The fraction of sp³-hybridized carbons (Fsp3) is 0.929. The Morgan fingerprint density at radius 2 is 2.11 bits per heavy atom. The fourth-order valence-corrected chi connectivity index (χ4v) is 3.85. The van der Waals surface area contributed by atoms with E-state index in [9.17, 15) is 0 Å². The summed E-state index contributed by atoms with van der Waals surface area (Å²) in [6.07, 6.45) is 4.83. The largest absolute Gasteiger partial charge is 0.383 e. The van der Waals surface area contributed by atoms with Gasteiger partial charge in [0.1, 0.15) is 0 Å². The number of aliphatic imine (C=N–C) groups is 1. The Morgan fingerprint density at radius 1 is 1.39 bits per heavy atom. The van der Waals surface area contributed by atoms with Crippen LogP contribution in [0.5, 0.6) is 0 Å².